The van der Waals surface area contributed by atoms with Gasteiger partial charge in [-0.1, -0.05) is 53.5 Å². The third kappa shape index (κ3) is 4.50. The molecule has 3 rings (SSSR count). The summed E-state index contributed by atoms with van der Waals surface area (Å²) in [6.07, 6.45) is 2.90. The quantitative estimate of drug-likeness (QED) is 0.645. The van der Waals surface area contributed by atoms with E-state index in [0.717, 1.165) is 5.56 Å². The lowest BCUT2D eigenvalue weighted by Gasteiger charge is -2.14. The molecule has 1 heterocycles. The Morgan fingerprint density at radius 1 is 1.04 bits per heavy atom. The van der Waals surface area contributed by atoms with E-state index in [-0.39, 0.29) is 17.6 Å². The number of amides is 1. The van der Waals surface area contributed by atoms with E-state index in [4.69, 9.17) is 23.2 Å². The van der Waals surface area contributed by atoms with Crippen molar-refractivity contribution in [3.8, 4) is 0 Å². The van der Waals surface area contributed by atoms with E-state index in [1.165, 1.54) is 12.4 Å². The highest BCUT2D eigenvalue weighted by Gasteiger charge is 2.13. The highest BCUT2D eigenvalue weighted by molar-refractivity contribution is 6.36. The Labute approximate surface area is 161 Å². The zero-order valence-electron chi connectivity index (χ0n) is 13.9. The van der Waals surface area contributed by atoms with E-state index < -0.39 is 0 Å². The summed E-state index contributed by atoms with van der Waals surface area (Å²) in [7, 11) is 0. The molecule has 0 aliphatic carbocycles. The van der Waals surface area contributed by atoms with Crippen molar-refractivity contribution in [3.05, 3.63) is 82.2 Å². The number of halogens is 2. The van der Waals surface area contributed by atoms with E-state index in [9.17, 15) is 4.79 Å². The molecule has 1 amide bonds. The SMILES string of the molecule is CC(NC(=O)c1cnc(Nc2ccc(Cl)cc2Cl)cn1)c1ccccc1. The average molecular weight is 387 g/mol. The van der Waals surface area contributed by atoms with Crippen LogP contribution in [0.25, 0.3) is 0 Å². The molecule has 0 aliphatic rings. The number of nitrogens with zero attached hydrogens (tertiary/aromatic N) is 2. The van der Waals surface area contributed by atoms with E-state index in [1.54, 1.807) is 18.2 Å². The van der Waals surface area contributed by atoms with Crippen LogP contribution in [0.1, 0.15) is 29.0 Å². The Bertz CT molecular complexity index is 901. The predicted octanol–water partition coefficient (Wildman–Crippen LogP) is 5.02. The predicted molar refractivity (Wildman–Crippen MR) is 104 cm³/mol. The first kappa shape index (κ1) is 18.2. The standard InChI is InChI=1S/C19H16Cl2N4O/c1-12(13-5-3-2-4-6-13)24-19(26)17-10-23-18(11-22-17)25-16-8-7-14(20)9-15(16)21/h2-12H,1H3,(H,23,25)(H,24,26). The zero-order chi connectivity index (χ0) is 18.5. The van der Waals surface area contributed by atoms with Gasteiger partial charge in [-0.05, 0) is 30.7 Å². The van der Waals surface area contributed by atoms with Crippen LogP contribution in [0.2, 0.25) is 10.0 Å². The third-order valence-corrected chi connectivity index (χ3v) is 4.27. The Morgan fingerprint density at radius 3 is 2.46 bits per heavy atom. The minimum Gasteiger partial charge on any atom is -0.344 e. The maximum absolute atomic E-state index is 12.3. The van der Waals surface area contributed by atoms with Crippen LogP contribution in [-0.4, -0.2) is 15.9 Å². The van der Waals surface area contributed by atoms with Gasteiger partial charge < -0.3 is 10.6 Å². The molecule has 0 aliphatic heterocycles. The van der Waals surface area contributed by atoms with Gasteiger partial charge in [-0.15, -0.1) is 0 Å². The molecule has 0 bridgehead atoms. The molecule has 26 heavy (non-hydrogen) atoms. The number of rotatable bonds is 5. The number of aromatic nitrogens is 2. The summed E-state index contributed by atoms with van der Waals surface area (Å²) < 4.78 is 0. The molecule has 1 atom stereocenters. The number of carbonyl (C=O) groups is 1. The Hall–Kier alpha value is -2.63. The summed E-state index contributed by atoms with van der Waals surface area (Å²) in [5.41, 5.74) is 1.91. The summed E-state index contributed by atoms with van der Waals surface area (Å²) >= 11 is 12.0. The normalized spacial score (nSPS) is 11.7. The molecule has 0 fully saturated rings. The molecule has 3 aromatic rings. The fourth-order valence-corrected chi connectivity index (χ4v) is 2.79. The fourth-order valence-electron chi connectivity index (χ4n) is 2.33. The molecular formula is C19H16Cl2N4O. The lowest BCUT2D eigenvalue weighted by Crippen LogP contribution is -2.27. The van der Waals surface area contributed by atoms with Gasteiger partial charge in [0.25, 0.3) is 5.91 Å². The molecular weight excluding hydrogens is 371 g/mol. The maximum atomic E-state index is 12.3. The van der Waals surface area contributed by atoms with Crippen LogP contribution in [-0.2, 0) is 0 Å². The van der Waals surface area contributed by atoms with Gasteiger partial charge in [0.1, 0.15) is 11.5 Å². The van der Waals surface area contributed by atoms with Gasteiger partial charge in [0, 0.05) is 5.02 Å². The first-order valence-electron chi connectivity index (χ1n) is 7.93. The second-order valence-corrected chi connectivity index (χ2v) is 6.49. The van der Waals surface area contributed by atoms with Gasteiger partial charge >= 0.3 is 0 Å². The summed E-state index contributed by atoms with van der Waals surface area (Å²) in [6, 6.07) is 14.7. The van der Waals surface area contributed by atoms with Crippen molar-refractivity contribution in [2.24, 2.45) is 0 Å². The topological polar surface area (TPSA) is 66.9 Å². The van der Waals surface area contributed by atoms with Crippen molar-refractivity contribution in [1.82, 2.24) is 15.3 Å². The molecule has 0 spiro atoms. The van der Waals surface area contributed by atoms with Crippen molar-refractivity contribution in [2.45, 2.75) is 13.0 Å². The largest absolute Gasteiger partial charge is 0.344 e. The van der Waals surface area contributed by atoms with Crippen molar-refractivity contribution in [1.29, 1.82) is 0 Å². The van der Waals surface area contributed by atoms with Crippen LogP contribution in [0.15, 0.2) is 60.9 Å². The van der Waals surface area contributed by atoms with Crippen LogP contribution >= 0.6 is 23.2 Å². The smallest absolute Gasteiger partial charge is 0.271 e. The monoisotopic (exact) mass is 386 g/mol. The number of hydrogen-bond acceptors (Lipinski definition) is 4. The summed E-state index contributed by atoms with van der Waals surface area (Å²) in [4.78, 5) is 20.7. The molecule has 0 saturated heterocycles. The number of benzene rings is 2. The average Bonchev–Trinajstić information content (AvgIpc) is 2.65. The van der Waals surface area contributed by atoms with E-state index in [2.05, 4.69) is 20.6 Å². The molecule has 1 unspecified atom stereocenters. The number of hydrogen-bond donors (Lipinski definition) is 2. The van der Waals surface area contributed by atoms with E-state index in [0.29, 0.717) is 21.6 Å². The summed E-state index contributed by atoms with van der Waals surface area (Å²) in [6.45, 7) is 1.92. The number of carbonyl (C=O) groups excluding carboxylic acids is 1. The second-order valence-electron chi connectivity index (χ2n) is 5.64. The highest BCUT2D eigenvalue weighted by Crippen LogP contribution is 2.27. The van der Waals surface area contributed by atoms with Crippen LogP contribution < -0.4 is 10.6 Å². The van der Waals surface area contributed by atoms with Gasteiger partial charge in [0.2, 0.25) is 0 Å². The minimum absolute atomic E-state index is 0.129. The third-order valence-electron chi connectivity index (χ3n) is 3.73. The zero-order valence-corrected chi connectivity index (χ0v) is 15.4. The second kappa shape index (κ2) is 8.17. The van der Waals surface area contributed by atoms with Crippen LogP contribution in [0, 0.1) is 0 Å². The maximum Gasteiger partial charge on any atom is 0.271 e. The van der Waals surface area contributed by atoms with E-state index >= 15 is 0 Å². The molecule has 0 radical (unpaired) electrons. The molecule has 132 valence electrons. The molecule has 2 N–H and O–H groups in total. The number of anilines is 2. The summed E-state index contributed by atoms with van der Waals surface area (Å²) in [5, 5.41) is 6.95. The first-order valence-corrected chi connectivity index (χ1v) is 8.68. The van der Waals surface area contributed by atoms with Gasteiger partial charge in [-0.25, -0.2) is 9.97 Å². The van der Waals surface area contributed by atoms with Crippen molar-refractivity contribution in [2.75, 3.05) is 5.32 Å². The molecule has 1 aromatic heterocycles. The van der Waals surface area contributed by atoms with Crippen LogP contribution in [0.4, 0.5) is 11.5 Å². The molecule has 2 aromatic carbocycles. The van der Waals surface area contributed by atoms with Crippen LogP contribution in [0.3, 0.4) is 0 Å². The van der Waals surface area contributed by atoms with Gasteiger partial charge in [0.05, 0.1) is 29.1 Å². The Kier molecular flexibility index (Phi) is 5.71. The lowest BCUT2D eigenvalue weighted by molar-refractivity contribution is 0.0934. The van der Waals surface area contributed by atoms with Crippen molar-refractivity contribution < 1.29 is 4.79 Å². The minimum atomic E-state index is -0.287. The Morgan fingerprint density at radius 2 is 1.81 bits per heavy atom. The molecule has 5 nitrogen and oxygen atoms in total. The highest BCUT2D eigenvalue weighted by atomic mass is 35.5. The van der Waals surface area contributed by atoms with Crippen LogP contribution in [0.5, 0.6) is 0 Å². The molecule has 7 heteroatoms. The van der Waals surface area contributed by atoms with Crippen molar-refractivity contribution >= 4 is 40.6 Å². The molecule has 0 saturated carbocycles. The van der Waals surface area contributed by atoms with Crippen molar-refractivity contribution in [3.63, 3.8) is 0 Å². The van der Waals surface area contributed by atoms with Gasteiger partial charge in [0.15, 0.2) is 0 Å². The van der Waals surface area contributed by atoms with Gasteiger partial charge in [-0.3, -0.25) is 4.79 Å². The van der Waals surface area contributed by atoms with Gasteiger partial charge in [-0.2, -0.15) is 0 Å². The lowest BCUT2D eigenvalue weighted by atomic mass is 10.1. The Balaban J connectivity index is 1.66. The fraction of sp³-hybridized carbons (Fsp3) is 0.105. The van der Waals surface area contributed by atoms with E-state index in [1.807, 2.05) is 37.3 Å². The first-order chi connectivity index (χ1) is 12.5. The number of nitrogens with one attached hydrogen (secondary N) is 2. The summed E-state index contributed by atoms with van der Waals surface area (Å²) in [5.74, 6) is 0.187.